The highest BCUT2D eigenvalue weighted by Gasteiger charge is 2.50. The van der Waals surface area contributed by atoms with Crippen LogP contribution in [-0.2, 0) is 18.9 Å². The summed E-state index contributed by atoms with van der Waals surface area (Å²) in [6.45, 7) is 1.53. The summed E-state index contributed by atoms with van der Waals surface area (Å²) in [6.07, 6.45) is -6.50. The Morgan fingerprint density at radius 1 is 0.629 bits per heavy atom. The van der Waals surface area contributed by atoms with Gasteiger partial charge in [0.15, 0.2) is 6.10 Å². The number of hydrogen-bond acceptors (Lipinski definition) is 8. The quantitative estimate of drug-likeness (QED) is 0.426. The summed E-state index contributed by atoms with van der Waals surface area (Å²) >= 11 is 0. The van der Waals surface area contributed by atoms with E-state index in [2.05, 4.69) is 0 Å². The third-order valence-corrected chi connectivity index (χ3v) is 5.50. The van der Waals surface area contributed by atoms with Crippen molar-refractivity contribution >= 4 is 17.9 Å². The first-order valence-corrected chi connectivity index (χ1v) is 11.1. The molecule has 0 radical (unpaired) electrons. The molecule has 1 aliphatic rings. The fourth-order valence-electron chi connectivity index (χ4n) is 3.62. The van der Waals surface area contributed by atoms with Crippen LogP contribution in [0, 0.1) is 0 Å². The molecule has 0 unspecified atom stereocenters. The van der Waals surface area contributed by atoms with E-state index in [1.807, 2.05) is 0 Å². The fourth-order valence-corrected chi connectivity index (χ4v) is 3.62. The maximum absolute atomic E-state index is 12.9. The molecule has 1 heterocycles. The van der Waals surface area contributed by atoms with E-state index in [1.54, 1.807) is 91.0 Å². The Hall–Kier alpha value is -4.01. The maximum atomic E-state index is 12.9. The average Bonchev–Trinajstić information content (AvgIpc) is 2.90. The molecule has 1 aliphatic heterocycles. The van der Waals surface area contributed by atoms with Crippen LogP contribution in [-0.4, -0.2) is 53.7 Å². The summed E-state index contributed by atoms with van der Waals surface area (Å²) < 4.78 is 22.4. The predicted octanol–water partition coefficient (Wildman–Crippen LogP) is 3.40. The highest BCUT2D eigenvalue weighted by Crippen LogP contribution is 2.29. The lowest BCUT2D eigenvalue weighted by molar-refractivity contribution is -0.275. The SMILES string of the molecule is C[C@@H]1O[C@@H](OC(=O)c2ccccc2)[C@@H](OC(=O)c2ccccc2)[C@@H](OC(=O)c2ccccc2)[C@@H]1O. The Kier molecular flexibility index (Phi) is 7.54. The summed E-state index contributed by atoms with van der Waals surface area (Å²) in [5.41, 5.74) is 0.715. The topological polar surface area (TPSA) is 108 Å². The molecule has 0 bridgehead atoms. The second-order valence-electron chi connectivity index (χ2n) is 7.94. The number of benzene rings is 3. The van der Waals surface area contributed by atoms with E-state index in [0.717, 1.165) is 0 Å². The zero-order valence-corrected chi connectivity index (χ0v) is 18.9. The molecule has 0 saturated carbocycles. The standard InChI is InChI=1S/C27H24O8/c1-17-21(28)22(33-24(29)18-11-5-2-6-12-18)23(34-25(30)19-13-7-3-8-14-19)27(32-17)35-26(31)20-15-9-4-10-16-20/h2-17,21-23,27-28H,1H3/t17-,21+,22-,23-,27-/m0/s1. The van der Waals surface area contributed by atoms with Crippen molar-refractivity contribution in [3.63, 3.8) is 0 Å². The predicted molar refractivity (Wildman–Crippen MR) is 123 cm³/mol. The summed E-state index contributed by atoms with van der Waals surface area (Å²) in [7, 11) is 0. The van der Waals surface area contributed by atoms with Gasteiger partial charge in [-0.15, -0.1) is 0 Å². The number of esters is 3. The van der Waals surface area contributed by atoms with Crippen molar-refractivity contribution in [3.8, 4) is 0 Å². The lowest BCUT2D eigenvalue weighted by Crippen LogP contribution is -2.60. The molecule has 0 spiro atoms. The zero-order chi connectivity index (χ0) is 24.8. The van der Waals surface area contributed by atoms with Gasteiger partial charge in [0, 0.05) is 0 Å². The molecule has 0 aliphatic carbocycles. The Morgan fingerprint density at radius 3 is 1.43 bits per heavy atom. The molecule has 1 fully saturated rings. The minimum Gasteiger partial charge on any atom is -0.452 e. The second kappa shape index (κ2) is 10.9. The van der Waals surface area contributed by atoms with Gasteiger partial charge in [0.05, 0.1) is 22.8 Å². The fraction of sp³-hybridized carbons (Fsp3) is 0.222. The minimum atomic E-state index is -1.44. The third kappa shape index (κ3) is 5.74. The van der Waals surface area contributed by atoms with E-state index in [0.29, 0.717) is 0 Å². The van der Waals surface area contributed by atoms with Crippen molar-refractivity contribution in [3.05, 3.63) is 108 Å². The lowest BCUT2D eigenvalue weighted by Gasteiger charge is -2.41. The van der Waals surface area contributed by atoms with Crippen LogP contribution in [0.3, 0.4) is 0 Å². The maximum Gasteiger partial charge on any atom is 0.340 e. The van der Waals surface area contributed by atoms with E-state index in [-0.39, 0.29) is 16.7 Å². The summed E-state index contributed by atoms with van der Waals surface area (Å²) in [5, 5.41) is 10.8. The van der Waals surface area contributed by atoms with Crippen molar-refractivity contribution in [2.45, 2.75) is 37.6 Å². The summed E-state index contributed by atoms with van der Waals surface area (Å²) in [5.74, 6) is -2.23. The molecule has 3 aromatic rings. The van der Waals surface area contributed by atoms with Crippen LogP contribution in [0.1, 0.15) is 38.0 Å². The molecule has 4 rings (SSSR count). The Balaban J connectivity index is 1.63. The Bertz CT molecular complexity index is 1150. The molecular formula is C27H24O8. The molecule has 0 amide bonds. The van der Waals surface area contributed by atoms with Gasteiger partial charge < -0.3 is 24.1 Å². The lowest BCUT2D eigenvalue weighted by atomic mass is 9.99. The molecule has 3 aromatic carbocycles. The molecule has 1 saturated heterocycles. The first-order valence-electron chi connectivity index (χ1n) is 11.1. The minimum absolute atomic E-state index is 0.224. The van der Waals surface area contributed by atoms with Gasteiger partial charge in [0.1, 0.15) is 6.10 Å². The highest BCUT2D eigenvalue weighted by molar-refractivity contribution is 5.91. The molecule has 35 heavy (non-hydrogen) atoms. The number of ether oxygens (including phenoxy) is 4. The Morgan fingerprint density at radius 2 is 1.00 bits per heavy atom. The third-order valence-electron chi connectivity index (χ3n) is 5.50. The van der Waals surface area contributed by atoms with Crippen LogP contribution in [0.5, 0.6) is 0 Å². The number of carbonyl (C=O) groups excluding carboxylic acids is 3. The number of aliphatic hydroxyl groups excluding tert-OH is 1. The van der Waals surface area contributed by atoms with Crippen LogP contribution in [0.25, 0.3) is 0 Å². The van der Waals surface area contributed by atoms with Crippen LogP contribution in [0.2, 0.25) is 0 Å². The Labute approximate surface area is 202 Å². The smallest absolute Gasteiger partial charge is 0.340 e. The van der Waals surface area contributed by atoms with Gasteiger partial charge in [-0.1, -0.05) is 54.6 Å². The van der Waals surface area contributed by atoms with Crippen molar-refractivity contribution in [1.29, 1.82) is 0 Å². The summed E-state index contributed by atoms with van der Waals surface area (Å²) in [6, 6.07) is 24.5. The highest BCUT2D eigenvalue weighted by atomic mass is 16.7. The van der Waals surface area contributed by atoms with Gasteiger partial charge >= 0.3 is 17.9 Å². The number of rotatable bonds is 6. The van der Waals surface area contributed by atoms with E-state index < -0.39 is 48.6 Å². The molecule has 5 atom stereocenters. The van der Waals surface area contributed by atoms with Crippen molar-refractivity contribution in [1.82, 2.24) is 0 Å². The van der Waals surface area contributed by atoms with Gasteiger partial charge in [0.25, 0.3) is 0 Å². The van der Waals surface area contributed by atoms with Crippen LogP contribution in [0.15, 0.2) is 91.0 Å². The first-order chi connectivity index (χ1) is 16.9. The average molecular weight is 476 g/mol. The van der Waals surface area contributed by atoms with Gasteiger partial charge in [-0.25, -0.2) is 14.4 Å². The van der Waals surface area contributed by atoms with E-state index in [4.69, 9.17) is 18.9 Å². The van der Waals surface area contributed by atoms with Crippen molar-refractivity contribution < 1.29 is 38.4 Å². The van der Waals surface area contributed by atoms with Crippen LogP contribution < -0.4 is 0 Å². The largest absolute Gasteiger partial charge is 0.452 e. The molecule has 8 heteroatoms. The molecular weight excluding hydrogens is 452 g/mol. The van der Waals surface area contributed by atoms with Gasteiger partial charge in [-0.3, -0.25) is 0 Å². The zero-order valence-electron chi connectivity index (χ0n) is 18.9. The second-order valence-corrected chi connectivity index (χ2v) is 7.94. The number of carbonyl (C=O) groups is 3. The number of hydrogen-bond donors (Lipinski definition) is 1. The van der Waals surface area contributed by atoms with Crippen molar-refractivity contribution in [2.75, 3.05) is 0 Å². The van der Waals surface area contributed by atoms with Gasteiger partial charge in [0.2, 0.25) is 12.4 Å². The summed E-state index contributed by atoms with van der Waals surface area (Å²) in [4.78, 5) is 38.4. The molecule has 0 aromatic heterocycles. The van der Waals surface area contributed by atoms with Gasteiger partial charge in [-0.05, 0) is 43.3 Å². The molecule has 1 N–H and O–H groups in total. The van der Waals surface area contributed by atoms with E-state index in [9.17, 15) is 19.5 Å². The first kappa shape index (κ1) is 24.1. The normalized spacial score (nSPS) is 23.7. The monoisotopic (exact) mass is 476 g/mol. The van der Waals surface area contributed by atoms with Crippen LogP contribution in [0.4, 0.5) is 0 Å². The molecule has 8 nitrogen and oxygen atoms in total. The molecule has 180 valence electrons. The van der Waals surface area contributed by atoms with E-state index >= 15 is 0 Å². The van der Waals surface area contributed by atoms with Crippen LogP contribution >= 0.6 is 0 Å². The van der Waals surface area contributed by atoms with E-state index in [1.165, 1.54) is 6.92 Å². The van der Waals surface area contributed by atoms with Gasteiger partial charge in [-0.2, -0.15) is 0 Å². The number of aliphatic hydroxyl groups is 1. The van der Waals surface area contributed by atoms with Crippen molar-refractivity contribution in [2.24, 2.45) is 0 Å².